The predicted molar refractivity (Wildman–Crippen MR) is 106 cm³/mol. The number of halogens is 1. The predicted octanol–water partition coefficient (Wildman–Crippen LogP) is 4.17. The number of carbonyl (C=O) groups is 1. The van der Waals surface area contributed by atoms with Crippen molar-refractivity contribution >= 4 is 11.6 Å². The molecule has 2 heterocycles. The molecule has 1 aromatic carbocycles. The number of amides is 1. The molecular weight excluding hydrogens is 361 g/mol. The third-order valence-electron chi connectivity index (χ3n) is 5.06. The lowest BCUT2D eigenvalue weighted by Crippen LogP contribution is -2.25. The fourth-order valence-electron chi connectivity index (χ4n) is 3.23. The van der Waals surface area contributed by atoms with E-state index in [-0.39, 0.29) is 12.8 Å². The van der Waals surface area contributed by atoms with Gasteiger partial charge in [-0.2, -0.15) is 0 Å². The smallest absolute Gasteiger partial charge is 0.262 e. The molecule has 1 aromatic heterocycles. The Morgan fingerprint density at radius 3 is 2.43 bits per heavy atom. The molecule has 1 amide bonds. The maximum atomic E-state index is 13.8. The number of nitrogens with one attached hydrogen (secondary N) is 2. The molecule has 1 aliphatic heterocycles. The standard InChI is InChI=1S/C16H17FN2O3.C5H11N/c1-9-14(10(2)22-19-9)12-8-11(4-5-13(12)21-3)18-15(20)16(17)6-7-16;1-2-4-6-5-3-1/h4-5,8H,6-7H2,1-3H3,(H,18,20);6H,1-5H2. The summed E-state index contributed by atoms with van der Waals surface area (Å²) in [5.74, 6) is 0.694. The Kier molecular flexibility index (Phi) is 6.34. The molecule has 2 aliphatic rings. The number of rotatable bonds is 4. The van der Waals surface area contributed by atoms with Crippen molar-refractivity contribution in [3.63, 3.8) is 0 Å². The third-order valence-corrected chi connectivity index (χ3v) is 5.06. The van der Waals surface area contributed by atoms with E-state index in [9.17, 15) is 9.18 Å². The lowest BCUT2D eigenvalue weighted by atomic mass is 10.0. The summed E-state index contributed by atoms with van der Waals surface area (Å²) in [5.41, 5.74) is 1.10. The number of ether oxygens (including phenoxy) is 1. The normalized spacial score (nSPS) is 17.3. The highest BCUT2D eigenvalue weighted by Gasteiger charge is 2.50. The Morgan fingerprint density at radius 2 is 1.96 bits per heavy atom. The lowest BCUT2D eigenvalue weighted by molar-refractivity contribution is -0.122. The van der Waals surface area contributed by atoms with Crippen molar-refractivity contribution in [2.45, 2.75) is 51.6 Å². The zero-order valence-corrected chi connectivity index (χ0v) is 16.7. The second kappa shape index (κ2) is 8.73. The molecule has 0 spiro atoms. The van der Waals surface area contributed by atoms with Gasteiger partial charge in [-0.15, -0.1) is 0 Å². The van der Waals surface area contributed by atoms with Crippen LogP contribution < -0.4 is 15.4 Å². The largest absolute Gasteiger partial charge is 0.496 e. The van der Waals surface area contributed by atoms with Crippen LogP contribution >= 0.6 is 0 Å². The van der Waals surface area contributed by atoms with Gasteiger partial charge in [0, 0.05) is 11.3 Å². The number of hydrogen-bond acceptors (Lipinski definition) is 5. The molecule has 0 bridgehead atoms. The number of methoxy groups -OCH3 is 1. The van der Waals surface area contributed by atoms with Crippen LogP contribution in [0.3, 0.4) is 0 Å². The number of benzene rings is 1. The second-order valence-corrected chi connectivity index (χ2v) is 7.34. The summed E-state index contributed by atoms with van der Waals surface area (Å²) in [6.45, 7) is 6.14. The lowest BCUT2D eigenvalue weighted by Gasteiger charge is -2.12. The first-order chi connectivity index (χ1) is 13.4. The molecule has 2 fully saturated rings. The number of aromatic nitrogens is 1. The summed E-state index contributed by atoms with van der Waals surface area (Å²) in [4.78, 5) is 11.8. The van der Waals surface area contributed by atoms with Gasteiger partial charge in [0.05, 0.1) is 18.4 Å². The molecule has 1 saturated carbocycles. The van der Waals surface area contributed by atoms with Gasteiger partial charge in [0.25, 0.3) is 5.91 Å². The Morgan fingerprint density at radius 1 is 1.25 bits per heavy atom. The van der Waals surface area contributed by atoms with Gasteiger partial charge in [-0.05, 0) is 70.8 Å². The van der Waals surface area contributed by atoms with Gasteiger partial charge >= 0.3 is 0 Å². The van der Waals surface area contributed by atoms with Crippen LogP contribution in [-0.2, 0) is 4.79 Å². The molecular formula is C21H28FN3O3. The topological polar surface area (TPSA) is 76.4 Å². The first-order valence-corrected chi connectivity index (χ1v) is 9.77. The van der Waals surface area contributed by atoms with Crippen LogP contribution in [0.15, 0.2) is 22.7 Å². The molecule has 6 nitrogen and oxygen atoms in total. The van der Waals surface area contributed by atoms with Crippen LogP contribution in [0.2, 0.25) is 0 Å². The van der Waals surface area contributed by atoms with Gasteiger partial charge in [-0.1, -0.05) is 11.6 Å². The van der Waals surface area contributed by atoms with Crippen LogP contribution in [-0.4, -0.2) is 36.9 Å². The van der Waals surface area contributed by atoms with E-state index < -0.39 is 11.6 Å². The molecule has 0 atom stereocenters. The monoisotopic (exact) mass is 389 g/mol. The number of anilines is 1. The van der Waals surface area contributed by atoms with Crippen molar-refractivity contribution in [3.8, 4) is 16.9 Å². The summed E-state index contributed by atoms with van der Waals surface area (Å²) in [6, 6.07) is 5.16. The summed E-state index contributed by atoms with van der Waals surface area (Å²) in [5, 5.41) is 9.83. The van der Waals surface area contributed by atoms with E-state index in [1.54, 1.807) is 32.2 Å². The molecule has 2 aromatic rings. The van der Waals surface area contributed by atoms with Crippen molar-refractivity contribution in [2.75, 3.05) is 25.5 Å². The van der Waals surface area contributed by atoms with E-state index in [0.717, 1.165) is 16.8 Å². The van der Waals surface area contributed by atoms with Gasteiger partial charge in [0.2, 0.25) is 0 Å². The zero-order valence-electron chi connectivity index (χ0n) is 16.7. The van der Waals surface area contributed by atoms with Crippen LogP contribution in [0, 0.1) is 13.8 Å². The number of carbonyl (C=O) groups excluding carboxylic acids is 1. The Balaban J connectivity index is 0.000000320. The highest BCUT2D eigenvalue weighted by Crippen LogP contribution is 2.41. The maximum absolute atomic E-state index is 13.8. The first kappa shape index (κ1) is 20.3. The first-order valence-electron chi connectivity index (χ1n) is 9.77. The van der Waals surface area contributed by atoms with E-state index in [0.29, 0.717) is 17.2 Å². The van der Waals surface area contributed by atoms with Gasteiger partial charge in [0.15, 0.2) is 5.67 Å². The molecule has 1 aliphatic carbocycles. The minimum Gasteiger partial charge on any atom is -0.496 e. The molecule has 4 rings (SSSR count). The molecule has 2 N–H and O–H groups in total. The highest BCUT2D eigenvalue weighted by atomic mass is 19.1. The van der Waals surface area contributed by atoms with E-state index >= 15 is 0 Å². The SMILES string of the molecule is C1CCNCC1.COc1ccc(NC(=O)C2(F)CC2)cc1-c1c(C)noc1C. The molecule has 28 heavy (non-hydrogen) atoms. The van der Waals surface area contributed by atoms with Crippen molar-refractivity contribution < 1.29 is 18.4 Å². The summed E-state index contributed by atoms with van der Waals surface area (Å²) in [6.07, 6.45) is 4.78. The third kappa shape index (κ3) is 4.70. The minimum atomic E-state index is -1.71. The zero-order chi connectivity index (χ0) is 20.1. The highest BCUT2D eigenvalue weighted by molar-refractivity contribution is 5.99. The summed E-state index contributed by atoms with van der Waals surface area (Å²) < 4.78 is 24.3. The molecule has 1 saturated heterocycles. The van der Waals surface area contributed by atoms with E-state index in [4.69, 9.17) is 9.26 Å². The molecule has 7 heteroatoms. The summed E-state index contributed by atoms with van der Waals surface area (Å²) in [7, 11) is 1.57. The van der Waals surface area contributed by atoms with E-state index in [2.05, 4.69) is 15.8 Å². The van der Waals surface area contributed by atoms with Gasteiger partial charge < -0.3 is 19.9 Å². The Hall–Kier alpha value is -2.41. The van der Waals surface area contributed by atoms with Crippen molar-refractivity contribution in [1.82, 2.24) is 10.5 Å². The summed E-state index contributed by atoms with van der Waals surface area (Å²) >= 11 is 0. The van der Waals surface area contributed by atoms with Crippen molar-refractivity contribution in [1.29, 1.82) is 0 Å². The van der Waals surface area contributed by atoms with Crippen LogP contribution in [0.4, 0.5) is 10.1 Å². The second-order valence-electron chi connectivity index (χ2n) is 7.34. The molecule has 0 unspecified atom stereocenters. The van der Waals surface area contributed by atoms with E-state index in [1.807, 2.05) is 6.92 Å². The number of hydrogen-bond donors (Lipinski definition) is 2. The number of piperidine rings is 1. The van der Waals surface area contributed by atoms with Gasteiger partial charge in [-0.3, -0.25) is 4.79 Å². The average Bonchev–Trinajstić information content (AvgIpc) is 3.39. The van der Waals surface area contributed by atoms with Gasteiger partial charge in [0.1, 0.15) is 11.5 Å². The van der Waals surface area contributed by atoms with Crippen LogP contribution in [0.5, 0.6) is 5.75 Å². The van der Waals surface area contributed by atoms with Crippen LogP contribution in [0.1, 0.15) is 43.6 Å². The van der Waals surface area contributed by atoms with Gasteiger partial charge in [-0.25, -0.2) is 4.39 Å². The Labute approximate surface area is 164 Å². The fourth-order valence-corrected chi connectivity index (χ4v) is 3.23. The number of alkyl halides is 1. The maximum Gasteiger partial charge on any atom is 0.262 e. The number of nitrogens with zero attached hydrogens (tertiary/aromatic N) is 1. The van der Waals surface area contributed by atoms with E-state index in [1.165, 1.54) is 32.4 Å². The minimum absolute atomic E-state index is 0.283. The number of aryl methyl sites for hydroxylation is 2. The van der Waals surface area contributed by atoms with Crippen molar-refractivity contribution in [2.24, 2.45) is 0 Å². The Bertz CT molecular complexity index is 795. The fraction of sp³-hybridized carbons (Fsp3) is 0.524. The molecule has 0 radical (unpaired) electrons. The van der Waals surface area contributed by atoms with Crippen molar-refractivity contribution in [3.05, 3.63) is 29.7 Å². The van der Waals surface area contributed by atoms with Crippen LogP contribution in [0.25, 0.3) is 11.1 Å². The average molecular weight is 389 g/mol. The quantitative estimate of drug-likeness (QED) is 0.821. The molecule has 152 valence electrons.